The molecule has 0 spiro atoms. The molecule has 0 radical (unpaired) electrons. The topological polar surface area (TPSA) is 64.9 Å². The van der Waals surface area contributed by atoms with Gasteiger partial charge < -0.3 is 14.8 Å². The molecule has 0 aliphatic heterocycles. The predicted octanol–water partition coefficient (Wildman–Crippen LogP) is 2.48. The molecule has 25 heavy (non-hydrogen) atoms. The zero-order chi connectivity index (χ0) is 17.8. The van der Waals surface area contributed by atoms with E-state index in [9.17, 15) is 9.18 Å². The third kappa shape index (κ3) is 4.04. The molecule has 3 rings (SSSR count). The van der Waals surface area contributed by atoms with Crippen molar-refractivity contribution in [3.63, 3.8) is 0 Å². The van der Waals surface area contributed by atoms with Crippen LogP contribution in [0.2, 0.25) is 0 Å². The van der Waals surface area contributed by atoms with E-state index in [4.69, 9.17) is 9.47 Å². The Morgan fingerprint density at radius 3 is 2.72 bits per heavy atom. The summed E-state index contributed by atoms with van der Waals surface area (Å²) in [6.45, 7) is 0.282. The highest BCUT2D eigenvalue weighted by molar-refractivity contribution is 7.15. The molecule has 0 saturated heterocycles. The van der Waals surface area contributed by atoms with E-state index in [-0.39, 0.29) is 24.7 Å². The van der Waals surface area contributed by atoms with Gasteiger partial charge in [-0.1, -0.05) is 0 Å². The van der Waals surface area contributed by atoms with E-state index >= 15 is 0 Å². The van der Waals surface area contributed by atoms with E-state index in [2.05, 4.69) is 10.3 Å². The molecular weight excluding hydrogens is 345 g/mol. The van der Waals surface area contributed by atoms with Gasteiger partial charge in [0.05, 0.1) is 18.7 Å². The Labute approximate surface area is 148 Å². The van der Waals surface area contributed by atoms with Gasteiger partial charge in [-0.15, -0.1) is 11.3 Å². The molecule has 0 aliphatic rings. The molecule has 1 N–H and O–H groups in total. The van der Waals surface area contributed by atoms with Crippen molar-refractivity contribution in [1.82, 2.24) is 14.7 Å². The third-order valence-corrected chi connectivity index (χ3v) is 4.65. The lowest BCUT2D eigenvalue weighted by Crippen LogP contribution is -2.35. The molecule has 0 saturated carbocycles. The van der Waals surface area contributed by atoms with Gasteiger partial charge in [-0.3, -0.25) is 9.20 Å². The number of fused-ring (bicyclic) bond motifs is 1. The number of imidazole rings is 1. The fourth-order valence-electron chi connectivity index (χ4n) is 2.40. The number of methoxy groups -OCH3 is 2. The van der Waals surface area contributed by atoms with Crippen LogP contribution in [0.25, 0.3) is 16.2 Å². The van der Waals surface area contributed by atoms with Crippen molar-refractivity contribution in [2.45, 2.75) is 12.7 Å². The summed E-state index contributed by atoms with van der Waals surface area (Å²) >= 11 is 1.46. The maximum atomic E-state index is 13.0. The first-order chi connectivity index (χ1) is 12.1. The van der Waals surface area contributed by atoms with Gasteiger partial charge in [0.25, 0.3) is 0 Å². The van der Waals surface area contributed by atoms with Crippen LogP contribution in [0.1, 0.15) is 5.69 Å². The summed E-state index contributed by atoms with van der Waals surface area (Å²) in [6.07, 6.45) is 1.61. The molecule has 0 bridgehead atoms. The third-order valence-electron chi connectivity index (χ3n) is 3.76. The molecule has 0 unspecified atom stereocenters. The van der Waals surface area contributed by atoms with Crippen molar-refractivity contribution < 1.29 is 18.7 Å². The number of amides is 1. The predicted molar refractivity (Wildman–Crippen MR) is 93.0 cm³/mol. The summed E-state index contributed by atoms with van der Waals surface area (Å²) in [5.41, 5.74) is 2.41. The van der Waals surface area contributed by atoms with Gasteiger partial charge in [-0.2, -0.15) is 0 Å². The summed E-state index contributed by atoms with van der Waals surface area (Å²) in [7, 11) is 3.04. The summed E-state index contributed by atoms with van der Waals surface area (Å²) in [5, 5.41) is 4.68. The Bertz CT molecular complexity index is 856. The second-order valence-corrected chi connectivity index (χ2v) is 6.23. The average molecular weight is 363 g/mol. The maximum absolute atomic E-state index is 13.0. The van der Waals surface area contributed by atoms with Crippen LogP contribution < -0.4 is 5.32 Å². The Kier molecular flexibility index (Phi) is 5.42. The Hall–Kier alpha value is -2.29. The number of hydrogen-bond acceptors (Lipinski definition) is 5. The van der Waals surface area contributed by atoms with E-state index < -0.39 is 6.29 Å². The first-order valence-corrected chi connectivity index (χ1v) is 8.52. The minimum absolute atomic E-state index is 0.129. The molecule has 0 aliphatic carbocycles. The highest BCUT2D eigenvalue weighted by Gasteiger charge is 2.14. The SMILES string of the molecule is COC(CNC(=O)Cc1csc2nc(-c3ccc(F)cc3)cn12)OC. The smallest absolute Gasteiger partial charge is 0.226 e. The van der Waals surface area contributed by atoms with Crippen LogP contribution in [-0.2, 0) is 20.7 Å². The molecule has 0 atom stereocenters. The minimum Gasteiger partial charge on any atom is -0.354 e. The monoisotopic (exact) mass is 363 g/mol. The molecule has 1 amide bonds. The van der Waals surface area contributed by atoms with E-state index in [1.165, 1.54) is 37.7 Å². The average Bonchev–Trinajstić information content (AvgIpc) is 3.18. The largest absolute Gasteiger partial charge is 0.354 e. The highest BCUT2D eigenvalue weighted by atomic mass is 32.1. The lowest BCUT2D eigenvalue weighted by atomic mass is 10.2. The van der Waals surface area contributed by atoms with Gasteiger partial charge in [-0.25, -0.2) is 9.37 Å². The van der Waals surface area contributed by atoms with Crippen molar-refractivity contribution in [1.29, 1.82) is 0 Å². The van der Waals surface area contributed by atoms with E-state index in [1.54, 1.807) is 12.1 Å². The van der Waals surface area contributed by atoms with Crippen LogP contribution in [0.15, 0.2) is 35.8 Å². The standard InChI is InChI=1S/C17H18FN3O3S/c1-23-16(24-2)8-19-15(22)7-13-10-25-17-20-14(9-21(13)17)11-3-5-12(18)6-4-11/h3-6,9-10,16H,7-8H2,1-2H3,(H,19,22). The van der Waals surface area contributed by atoms with Crippen molar-refractivity contribution >= 4 is 22.2 Å². The quantitative estimate of drug-likeness (QED) is 0.655. The van der Waals surface area contributed by atoms with Gasteiger partial charge in [0.15, 0.2) is 11.3 Å². The zero-order valence-electron chi connectivity index (χ0n) is 13.9. The molecule has 6 nitrogen and oxygen atoms in total. The van der Waals surface area contributed by atoms with Gasteiger partial charge in [0.1, 0.15) is 5.82 Å². The highest BCUT2D eigenvalue weighted by Crippen LogP contribution is 2.24. The first-order valence-electron chi connectivity index (χ1n) is 7.64. The number of rotatable bonds is 7. The summed E-state index contributed by atoms with van der Waals surface area (Å²) < 4.78 is 25.0. The van der Waals surface area contributed by atoms with Crippen LogP contribution >= 0.6 is 11.3 Å². The Balaban J connectivity index is 1.72. The van der Waals surface area contributed by atoms with Crippen molar-refractivity contribution in [3.8, 4) is 11.3 Å². The molecule has 2 heterocycles. The fraction of sp³-hybridized carbons (Fsp3) is 0.294. The second-order valence-electron chi connectivity index (χ2n) is 5.39. The van der Waals surface area contributed by atoms with Gasteiger partial charge in [-0.05, 0) is 24.3 Å². The zero-order valence-corrected chi connectivity index (χ0v) is 14.7. The number of aromatic nitrogens is 2. The lowest BCUT2D eigenvalue weighted by Gasteiger charge is -2.13. The molecule has 2 aromatic heterocycles. The van der Waals surface area contributed by atoms with E-state index in [0.29, 0.717) is 0 Å². The molecule has 8 heteroatoms. The van der Waals surface area contributed by atoms with Crippen molar-refractivity contribution in [2.24, 2.45) is 0 Å². The maximum Gasteiger partial charge on any atom is 0.226 e. The van der Waals surface area contributed by atoms with Gasteiger partial charge in [0, 0.05) is 37.1 Å². The van der Waals surface area contributed by atoms with Crippen molar-refractivity contribution in [3.05, 3.63) is 47.4 Å². The number of benzene rings is 1. The van der Waals surface area contributed by atoms with Gasteiger partial charge in [0.2, 0.25) is 5.91 Å². The van der Waals surface area contributed by atoms with Gasteiger partial charge >= 0.3 is 0 Å². The Morgan fingerprint density at radius 1 is 1.32 bits per heavy atom. The minimum atomic E-state index is -0.468. The fourth-order valence-corrected chi connectivity index (χ4v) is 3.28. The normalized spacial score (nSPS) is 11.4. The number of carbonyl (C=O) groups excluding carboxylic acids is 1. The van der Waals surface area contributed by atoms with Crippen LogP contribution in [0.4, 0.5) is 4.39 Å². The number of halogens is 1. The number of ether oxygens (including phenoxy) is 2. The number of nitrogens with one attached hydrogen (secondary N) is 1. The molecular formula is C17H18FN3O3S. The molecule has 132 valence electrons. The first kappa shape index (κ1) is 17.5. The van der Waals surface area contributed by atoms with Crippen LogP contribution in [-0.4, -0.2) is 42.3 Å². The molecule has 1 aromatic carbocycles. The van der Waals surface area contributed by atoms with E-state index in [0.717, 1.165) is 21.9 Å². The number of thiazole rings is 1. The number of nitrogens with zero attached hydrogens (tertiary/aromatic N) is 2. The molecule has 3 aromatic rings. The lowest BCUT2D eigenvalue weighted by molar-refractivity contribution is -0.126. The summed E-state index contributed by atoms with van der Waals surface area (Å²) in [5.74, 6) is -0.414. The van der Waals surface area contributed by atoms with E-state index in [1.807, 2.05) is 16.0 Å². The number of hydrogen-bond donors (Lipinski definition) is 1. The van der Waals surface area contributed by atoms with Crippen molar-refractivity contribution in [2.75, 3.05) is 20.8 Å². The summed E-state index contributed by atoms with van der Waals surface area (Å²) in [4.78, 5) is 17.4. The Morgan fingerprint density at radius 2 is 2.04 bits per heavy atom. The van der Waals surface area contributed by atoms with Crippen LogP contribution in [0, 0.1) is 5.82 Å². The number of carbonyl (C=O) groups is 1. The second kappa shape index (κ2) is 7.73. The summed E-state index contributed by atoms with van der Waals surface area (Å²) in [6, 6.07) is 6.17. The molecule has 0 fully saturated rings. The van der Waals surface area contributed by atoms with Crippen LogP contribution in [0.3, 0.4) is 0 Å². The van der Waals surface area contributed by atoms with Crippen LogP contribution in [0.5, 0.6) is 0 Å².